The molecule has 0 atom stereocenters. The predicted octanol–water partition coefficient (Wildman–Crippen LogP) is 0.572. The fourth-order valence-corrected chi connectivity index (χ4v) is 1.93. The summed E-state index contributed by atoms with van der Waals surface area (Å²) in [5.41, 5.74) is 0.549. The van der Waals surface area contributed by atoms with Crippen LogP contribution in [-0.4, -0.2) is 30.2 Å². The highest BCUT2D eigenvalue weighted by molar-refractivity contribution is 5.69. The van der Waals surface area contributed by atoms with Crippen LogP contribution in [0.4, 0.5) is 0 Å². The number of fused-ring (bicyclic) bond motifs is 1. The van der Waals surface area contributed by atoms with Gasteiger partial charge in [0.05, 0.1) is 18.3 Å². The molecule has 0 spiro atoms. The van der Waals surface area contributed by atoms with Crippen LogP contribution in [0.25, 0.3) is 5.78 Å². The number of hydrogen-bond donors (Lipinski definition) is 1. The SMILES string of the molecule is Cn1c(C2CC2)nn2cc(CC(=O)O)nc12. The van der Waals surface area contributed by atoms with Crippen molar-refractivity contribution in [2.45, 2.75) is 25.2 Å². The summed E-state index contributed by atoms with van der Waals surface area (Å²) in [5, 5.41) is 13.1. The first kappa shape index (κ1) is 9.38. The molecule has 0 aromatic carbocycles. The number of nitrogens with zero attached hydrogens (tertiary/aromatic N) is 4. The van der Waals surface area contributed by atoms with Crippen LogP contribution in [-0.2, 0) is 18.3 Å². The molecule has 0 amide bonds. The van der Waals surface area contributed by atoms with Crippen LogP contribution < -0.4 is 0 Å². The molecule has 0 aliphatic heterocycles. The van der Waals surface area contributed by atoms with Gasteiger partial charge in [0, 0.05) is 13.0 Å². The van der Waals surface area contributed by atoms with Gasteiger partial charge in [-0.15, -0.1) is 0 Å². The number of carboxylic acid groups (broad SMARTS) is 1. The molecule has 6 heteroatoms. The zero-order valence-electron chi connectivity index (χ0n) is 8.92. The van der Waals surface area contributed by atoms with Crippen molar-refractivity contribution < 1.29 is 9.90 Å². The van der Waals surface area contributed by atoms with E-state index in [1.807, 2.05) is 11.6 Å². The molecule has 2 heterocycles. The summed E-state index contributed by atoms with van der Waals surface area (Å²) in [6, 6.07) is 0. The Morgan fingerprint density at radius 3 is 2.94 bits per heavy atom. The van der Waals surface area contributed by atoms with E-state index in [0.717, 1.165) is 11.6 Å². The van der Waals surface area contributed by atoms with E-state index in [2.05, 4.69) is 10.1 Å². The van der Waals surface area contributed by atoms with E-state index in [1.54, 1.807) is 10.7 Å². The fourth-order valence-electron chi connectivity index (χ4n) is 1.93. The highest BCUT2D eigenvalue weighted by atomic mass is 16.4. The van der Waals surface area contributed by atoms with Gasteiger partial charge in [-0.25, -0.2) is 9.50 Å². The normalized spacial score (nSPS) is 15.8. The van der Waals surface area contributed by atoms with Gasteiger partial charge >= 0.3 is 5.97 Å². The van der Waals surface area contributed by atoms with Crippen molar-refractivity contribution in [1.29, 1.82) is 0 Å². The van der Waals surface area contributed by atoms with Crippen LogP contribution in [0.5, 0.6) is 0 Å². The van der Waals surface area contributed by atoms with Gasteiger partial charge in [-0.05, 0) is 12.8 Å². The molecule has 1 aliphatic rings. The maximum Gasteiger partial charge on any atom is 0.309 e. The van der Waals surface area contributed by atoms with Crippen LogP contribution >= 0.6 is 0 Å². The van der Waals surface area contributed by atoms with Gasteiger partial charge in [-0.1, -0.05) is 0 Å². The summed E-state index contributed by atoms with van der Waals surface area (Å²) >= 11 is 0. The molecule has 1 saturated carbocycles. The topological polar surface area (TPSA) is 72.4 Å². The minimum atomic E-state index is -0.870. The second-order valence-corrected chi connectivity index (χ2v) is 4.24. The molecule has 0 radical (unpaired) electrons. The number of carbonyl (C=O) groups is 1. The van der Waals surface area contributed by atoms with E-state index in [9.17, 15) is 4.79 Å². The predicted molar refractivity (Wildman–Crippen MR) is 55.3 cm³/mol. The number of aliphatic carboxylic acids is 1. The average molecular weight is 220 g/mol. The Morgan fingerprint density at radius 2 is 2.38 bits per heavy atom. The third-order valence-corrected chi connectivity index (χ3v) is 2.85. The Labute approximate surface area is 91.5 Å². The maximum absolute atomic E-state index is 10.6. The first-order chi connectivity index (χ1) is 7.65. The highest BCUT2D eigenvalue weighted by Gasteiger charge is 2.29. The lowest BCUT2D eigenvalue weighted by Crippen LogP contribution is -2.01. The first-order valence-corrected chi connectivity index (χ1v) is 5.28. The molecule has 0 bridgehead atoms. The minimum Gasteiger partial charge on any atom is -0.481 e. The van der Waals surface area contributed by atoms with Gasteiger partial charge in [0.15, 0.2) is 0 Å². The summed E-state index contributed by atoms with van der Waals surface area (Å²) in [6.07, 6.45) is 4.02. The Morgan fingerprint density at radius 1 is 1.62 bits per heavy atom. The quantitative estimate of drug-likeness (QED) is 0.820. The molecular formula is C10H12N4O2. The van der Waals surface area contributed by atoms with Crippen LogP contribution in [0.1, 0.15) is 30.3 Å². The number of carboxylic acids is 1. The first-order valence-electron chi connectivity index (χ1n) is 5.28. The lowest BCUT2D eigenvalue weighted by Gasteiger charge is -1.95. The average Bonchev–Trinajstić information content (AvgIpc) is 2.90. The standard InChI is InChI=1S/C10H12N4O2/c1-13-9(6-2-3-6)12-14-5-7(4-8(15)16)11-10(13)14/h5-6H,2-4H2,1H3,(H,15,16). The van der Waals surface area contributed by atoms with Gasteiger partial charge < -0.3 is 5.11 Å². The Hall–Kier alpha value is -1.85. The van der Waals surface area contributed by atoms with Crippen LogP contribution in [0.2, 0.25) is 0 Å². The zero-order valence-corrected chi connectivity index (χ0v) is 8.92. The van der Waals surface area contributed by atoms with Crippen molar-refractivity contribution >= 4 is 11.7 Å². The Bertz CT molecular complexity index is 565. The van der Waals surface area contributed by atoms with Crippen molar-refractivity contribution in [2.75, 3.05) is 0 Å². The second-order valence-electron chi connectivity index (χ2n) is 4.24. The number of aromatic nitrogens is 4. The van der Waals surface area contributed by atoms with Crippen LogP contribution in [0.15, 0.2) is 6.20 Å². The van der Waals surface area contributed by atoms with Gasteiger partial charge in [-0.3, -0.25) is 9.36 Å². The molecule has 2 aromatic rings. The number of rotatable bonds is 3. The maximum atomic E-state index is 10.6. The molecule has 0 unspecified atom stereocenters. The third-order valence-electron chi connectivity index (χ3n) is 2.85. The van der Waals surface area contributed by atoms with E-state index < -0.39 is 5.97 Å². The second kappa shape index (κ2) is 3.07. The van der Waals surface area contributed by atoms with Gasteiger partial charge in [0.1, 0.15) is 5.82 Å². The van der Waals surface area contributed by atoms with Crippen molar-refractivity contribution in [1.82, 2.24) is 19.2 Å². The number of hydrogen-bond acceptors (Lipinski definition) is 3. The van der Waals surface area contributed by atoms with E-state index >= 15 is 0 Å². The summed E-state index contributed by atoms with van der Waals surface area (Å²) in [4.78, 5) is 14.8. The molecule has 84 valence electrons. The van der Waals surface area contributed by atoms with E-state index in [4.69, 9.17) is 5.11 Å². The van der Waals surface area contributed by atoms with E-state index in [1.165, 1.54) is 12.8 Å². The monoisotopic (exact) mass is 220 g/mol. The van der Waals surface area contributed by atoms with Gasteiger partial charge in [0.25, 0.3) is 0 Å². The summed E-state index contributed by atoms with van der Waals surface area (Å²) in [6.45, 7) is 0. The summed E-state index contributed by atoms with van der Waals surface area (Å²) in [5.74, 6) is 1.46. The number of imidazole rings is 1. The molecule has 2 aromatic heterocycles. The van der Waals surface area contributed by atoms with Crippen molar-refractivity contribution in [3.63, 3.8) is 0 Å². The van der Waals surface area contributed by atoms with Gasteiger partial charge in [0.2, 0.25) is 5.78 Å². The lowest BCUT2D eigenvalue weighted by atomic mass is 10.3. The molecule has 1 aliphatic carbocycles. The third kappa shape index (κ3) is 1.37. The van der Waals surface area contributed by atoms with Crippen LogP contribution in [0.3, 0.4) is 0 Å². The Balaban J connectivity index is 2.03. The minimum absolute atomic E-state index is 0.0535. The van der Waals surface area contributed by atoms with E-state index in [0.29, 0.717) is 11.6 Å². The largest absolute Gasteiger partial charge is 0.481 e. The summed E-state index contributed by atoms with van der Waals surface area (Å²) in [7, 11) is 1.92. The zero-order chi connectivity index (χ0) is 11.3. The molecule has 0 saturated heterocycles. The number of aryl methyl sites for hydroxylation is 1. The molecule has 3 rings (SSSR count). The molecule has 1 fully saturated rings. The van der Waals surface area contributed by atoms with Crippen molar-refractivity contribution in [3.8, 4) is 0 Å². The molecular weight excluding hydrogens is 208 g/mol. The smallest absolute Gasteiger partial charge is 0.309 e. The van der Waals surface area contributed by atoms with Crippen LogP contribution in [0, 0.1) is 0 Å². The Kier molecular flexibility index (Phi) is 1.80. The molecule has 1 N–H and O–H groups in total. The van der Waals surface area contributed by atoms with Crippen molar-refractivity contribution in [2.24, 2.45) is 7.05 Å². The highest BCUT2D eigenvalue weighted by Crippen LogP contribution is 2.39. The molecule has 6 nitrogen and oxygen atoms in total. The fraction of sp³-hybridized carbons (Fsp3) is 0.500. The van der Waals surface area contributed by atoms with E-state index in [-0.39, 0.29) is 6.42 Å². The lowest BCUT2D eigenvalue weighted by molar-refractivity contribution is -0.136. The summed E-state index contributed by atoms with van der Waals surface area (Å²) < 4.78 is 3.62. The van der Waals surface area contributed by atoms with Gasteiger partial charge in [-0.2, -0.15) is 5.10 Å². The molecule has 16 heavy (non-hydrogen) atoms. The van der Waals surface area contributed by atoms with Crippen molar-refractivity contribution in [3.05, 3.63) is 17.7 Å².